The van der Waals surface area contributed by atoms with E-state index in [2.05, 4.69) is 10.6 Å². The van der Waals surface area contributed by atoms with E-state index in [4.69, 9.17) is 5.11 Å². The number of rotatable bonds is 9. The molecular weight excluding hydrogens is 334 g/mol. The van der Waals surface area contributed by atoms with Crippen LogP contribution in [0.25, 0.3) is 10.9 Å². The van der Waals surface area contributed by atoms with Gasteiger partial charge in [0, 0.05) is 24.7 Å². The number of fused-ring (bicyclic) bond motifs is 1. The van der Waals surface area contributed by atoms with Crippen LogP contribution in [0.3, 0.4) is 0 Å². The lowest BCUT2D eigenvalue weighted by molar-refractivity contribution is -0.142. The summed E-state index contributed by atoms with van der Waals surface area (Å²) < 4.78 is 1.98. The van der Waals surface area contributed by atoms with Gasteiger partial charge >= 0.3 is 5.97 Å². The smallest absolute Gasteiger partial charge is 0.326 e. The third kappa shape index (κ3) is 5.61. The van der Waals surface area contributed by atoms with Gasteiger partial charge in [-0.1, -0.05) is 32.0 Å². The Kier molecular flexibility index (Phi) is 6.77. The van der Waals surface area contributed by atoms with Crippen molar-refractivity contribution in [2.24, 2.45) is 5.92 Å². The molecule has 0 fully saturated rings. The molecule has 2 rings (SSSR count). The lowest BCUT2D eigenvalue weighted by atomic mass is 10.0. The van der Waals surface area contributed by atoms with Gasteiger partial charge in [-0.25, -0.2) is 4.79 Å². The maximum atomic E-state index is 12.0. The van der Waals surface area contributed by atoms with Gasteiger partial charge in [0.15, 0.2) is 0 Å². The van der Waals surface area contributed by atoms with Crippen molar-refractivity contribution in [2.75, 3.05) is 6.54 Å². The Balaban J connectivity index is 1.77. The topological polar surface area (TPSA) is 100 Å². The van der Waals surface area contributed by atoms with E-state index >= 15 is 0 Å². The summed E-state index contributed by atoms with van der Waals surface area (Å²) in [6.45, 7) is 4.04. The Labute approximate surface area is 152 Å². The molecule has 26 heavy (non-hydrogen) atoms. The van der Waals surface area contributed by atoms with Gasteiger partial charge in [0.25, 0.3) is 0 Å². The molecule has 0 unspecified atom stereocenters. The van der Waals surface area contributed by atoms with Crippen LogP contribution < -0.4 is 10.6 Å². The SMILES string of the molecule is CC(C)C[C@H](NC(=O)CNC(=O)CCn1ccc2ccccc21)C(=O)O. The van der Waals surface area contributed by atoms with Crippen LogP contribution in [0.1, 0.15) is 26.7 Å². The zero-order valence-electron chi connectivity index (χ0n) is 15.1. The first-order chi connectivity index (χ1) is 12.4. The molecule has 2 amide bonds. The average molecular weight is 359 g/mol. The second kappa shape index (κ2) is 9.03. The molecule has 7 nitrogen and oxygen atoms in total. The monoisotopic (exact) mass is 359 g/mol. The molecule has 2 aromatic rings. The van der Waals surface area contributed by atoms with E-state index in [1.807, 2.05) is 54.9 Å². The van der Waals surface area contributed by atoms with E-state index < -0.39 is 17.9 Å². The Bertz CT molecular complexity index is 782. The molecule has 0 saturated heterocycles. The number of hydrogen-bond donors (Lipinski definition) is 3. The van der Waals surface area contributed by atoms with Crippen molar-refractivity contribution in [1.82, 2.24) is 15.2 Å². The lowest BCUT2D eigenvalue weighted by Gasteiger charge is -2.16. The zero-order chi connectivity index (χ0) is 19.1. The summed E-state index contributed by atoms with van der Waals surface area (Å²) in [5.41, 5.74) is 1.05. The minimum Gasteiger partial charge on any atom is -0.480 e. The van der Waals surface area contributed by atoms with Crippen molar-refractivity contribution in [1.29, 1.82) is 0 Å². The Morgan fingerprint density at radius 2 is 1.85 bits per heavy atom. The molecule has 0 aliphatic heterocycles. The first kappa shape index (κ1) is 19.5. The zero-order valence-corrected chi connectivity index (χ0v) is 15.1. The lowest BCUT2D eigenvalue weighted by Crippen LogP contribution is -2.46. The summed E-state index contributed by atoms with van der Waals surface area (Å²) in [6.07, 6.45) is 2.50. The van der Waals surface area contributed by atoms with Gasteiger partial charge in [-0.05, 0) is 29.9 Å². The molecule has 0 radical (unpaired) electrons. The first-order valence-electron chi connectivity index (χ1n) is 8.69. The fraction of sp³-hybridized carbons (Fsp3) is 0.421. The van der Waals surface area contributed by atoms with Crippen molar-refractivity contribution in [2.45, 2.75) is 39.3 Å². The molecular formula is C19H25N3O4. The van der Waals surface area contributed by atoms with Crippen molar-refractivity contribution in [3.63, 3.8) is 0 Å². The molecule has 1 aromatic heterocycles. The van der Waals surface area contributed by atoms with Crippen LogP contribution in [0.2, 0.25) is 0 Å². The van der Waals surface area contributed by atoms with Crippen LogP contribution in [-0.4, -0.2) is 40.0 Å². The van der Waals surface area contributed by atoms with Crippen LogP contribution >= 0.6 is 0 Å². The summed E-state index contributed by atoms with van der Waals surface area (Å²) in [6, 6.07) is 8.95. The second-order valence-corrected chi connectivity index (χ2v) is 6.68. The predicted molar refractivity (Wildman–Crippen MR) is 98.6 cm³/mol. The number of nitrogens with zero attached hydrogens (tertiary/aromatic N) is 1. The van der Waals surface area contributed by atoms with E-state index in [9.17, 15) is 14.4 Å². The van der Waals surface area contributed by atoms with Gasteiger partial charge in [0.2, 0.25) is 11.8 Å². The Morgan fingerprint density at radius 3 is 2.54 bits per heavy atom. The molecule has 1 heterocycles. The highest BCUT2D eigenvalue weighted by Gasteiger charge is 2.21. The molecule has 1 atom stereocenters. The van der Waals surface area contributed by atoms with Crippen LogP contribution in [0.5, 0.6) is 0 Å². The summed E-state index contributed by atoms with van der Waals surface area (Å²) in [7, 11) is 0. The number of hydrogen-bond acceptors (Lipinski definition) is 3. The van der Waals surface area contributed by atoms with Crippen molar-refractivity contribution >= 4 is 28.7 Å². The molecule has 0 saturated carbocycles. The average Bonchev–Trinajstić information content (AvgIpc) is 3.00. The summed E-state index contributed by atoms with van der Waals surface area (Å²) in [4.78, 5) is 35.0. The maximum Gasteiger partial charge on any atom is 0.326 e. The van der Waals surface area contributed by atoms with Crippen molar-refractivity contribution < 1.29 is 19.5 Å². The normalized spacial score (nSPS) is 12.1. The molecule has 7 heteroatoms. The fourth-order valence-corrected chi connectivity index (χ4v) is 2.76. The molecule has 140 valence electrons. The summed E-state index contributed by atoms with van der Waals surface area (Å²) >= 11 is 0. The maximum absolute atomic E-state index is 12.0. The number of para-hydroxylation sites is 1. The summed E-state index contributed by atoms with van der Waals surface area (Å²) in [5.74, 6) is -1.69. The van der Waals surface area contributed by atoms with Crippen LogP contribution in [0, 0.1) is 5.92 Å². The minimum atomic E-state index is -1.07. The van der Waals surface area contributed by atoms with Crippen LogP contribution in [0.15, 0.2) is 36.5 Å². The number of aliphatic carboxylic acids is 1. The molecule has 0 aliphatic carbocycles. The van der Waals surface area contributed by atoms with Crippen LogP contribution in [0.4, 0.5) is 0 Å². The quantitative estimate of drug-likeness (QED) is 0.635. The number of carboxylic acid groups (broad SMARTS) is 1. The molecule has 0 spiro atoms. The van der Waals surface area contributed by atoms with Crippen molar-refractivity contribution in [3.8, 4) is 0 Å². The molecule has 0 aliphatic rings. The van der Waals surface area contributed by atoms with E-state index in [-0.39, 0.29) is 24.8 Å². The number of carbonyl (C=O) groups excluding carboxylic acids is 2. The van der Waals surface area contributed by atoms with Crippen molar-refractivity contribution in [3.05, 3.63) is 36.5 Å². The number of nitrogens with one attached hydrogen (secondary N) is 2. The number of amides is 2. The van der Waals surface area contributed by atoms with E-state index in [0.717, 1.165) is 10.9 Å². The van der Waals surface area contributed by atoms with E-state index in [1.165, 1.54) is 0 Å². The second-order valence-electron chi connectivity index (χ2n) is 6.68. The highest BCUT2D eigenvalue weighted by Crippen LogP contribution is 2.15. The van der Waals surface area contributed by atoms with Gasteiger partial charge in [-0.2, -0.15) is 0 Å². The predicted octanol–water partition coefficient (Wildman–Crippen LogP) is 1.76. The van der Waals surface area contributed by atoms with Crippen LogP contribution in [-0.2, 0) is 20.9 Å². The minimum absolute atomic E-state index is 0.141. The fourth-order valence-electron chi connectivity index (χ4n) is 2.76. The molecule has 3 N–H and O–H groups in total. The highest BCUT2D eigenvalue weighted by molar-refractivity contribution is 5.88. The Morgan fingerprint density at radius 1 is 1.12 bits per heavy atom. The first-order valence-corrected chi connectivity index (χ1v) is 8.69. The highest BCUT2D eigenvalue weighted by atomic mass is 16.4. The molecule has 0 bridgehead atoms. The van der Waals surface area contributed by atoms with Gasteiger partial charge in [0.1, 0.15) is 6.04 Å². The third-order valence-corrected chi connectivity index (χ3v) is 4.05. The standard InChI is InChI=1S/C19H25N3O4/c1-13(2)11-15(19(25)26)21-18(24)12-20-17(23)8-10-22-9-7-14-5-3-4-6-16(14)22/h3-7,9,13,15H,8,10-12H2,1-2H3,(H,20,23)(H,21,24)(H,25,26)/t15-/m0/s1. The van der Waals surface area contributed by atoms with Gasteiger partial charge < -0.3 is 20.3 Å². The number of carboxylic acids is 1. The third-order valence-electron chi connectivity index (χ3n) is 4.05. The number of aryl methyl sites for hydroxylation is 1. The Hall–Kier alpha value is -2.83. The van der Waals surface area contributed by atoms with Gasteiger partial charge in [0.05, 0.1) is 6.54 Å². The number of carbonyl (C=O) groups is 3. The van der Waals surface area contributed by atoms with E-state index in [0.29, 0.717) is 13.0 Å². The van der Waals surface area contributed by atoms with Gasteiger partial charge in [-0.15, -0.1) is 0 Å². The van der Waals surface area contributed by atoms with E-state index in [1.54, 1.807) is 0 Å². The summed E-state index contributed by atoms with van der Waals surface area (Å²) in [5, 5.41) is 15.2. The largest absolute Gasteiger partial charge is 0.480 e. The number of benzene rings is 1. The number of aromatic nitrogens is 1. The van der Waals surface area contributed by atoms with Gasteiger partial charge in [-0.3, -0.25) is 9.59 Å². The molecule has 1 aromatic carbocycles.